The highest BCUT2D eigenvalue weighted by Crippen LogP contribution is 2.44. The van der Waals surface area contributed by atoms with Crippen LogP contribution in [0.2, 0.25) is 10.2 Å². The van der Waals surface area contributed by atoms with Crippen LogP contribution in [0.3, 0.4) is 0 Å². The Hall–Kier alpha value is -1.99. The van der Waals surface area contributed by atoms with Crippen molar-refractivity contribution in [2.24, 2.45) is 0 Å². The molecule has 0 aromatic carbocycles. The first-order chi connectivity index (χ1) is 12.0. The van der Waals surface area contributed by atoms with E-state index >= 15 is 0 Å². The topological polar surface area (TPSA) is 58.1 Å². The van der Waals surface area contributed by atoms with E-state index in [1.165, 1.54) is 6.20 Å². The Bertz CT molecular complexity index is 879. The number of hydrogen-bond donors (Lipinski definition) is 1. The molecule has 0 spiro atoms. The number of nitrogens with zero attached hydrogens (tertiary/aromatic N) is 3. The third kappa shape index (κ3) is 2.71. The van der Waals surface area contributed by atoms with Gasteiger partial charge in [-0.05, 0) is 37.0 Å². The van der Waals surface area contributed by atoms with E-state index in [2.05, 4.69) is 15.3 Å². The van der Waals surface area contributed by atoms with Gasteiger partial charge in [-0.2, -0.15) is 4.39 Å². The first kappa shape index (κ1) is 16.5. The summed E-state index contributed by atoms with van der Waals surface area (Å²) in [5, 5.41) is 2.31. The lowest BCUT2D eigenvalue weighted by atomic mass is 9.95. The van der Waals surface area contributed by atoms with Gasteiger partial charge in [0, 0.05) is 17.8 Å². The van der Waals surface area contributed by atoms with Gasteiger partial charge in [0.1, 0.15) is 5.15 Å². The number of urea groups is 1. The summed E-state index contributed by atoms with van der Waals surface area (Å²) in [7, 11) is 0. The van der Waals surface area contributed by atoms with Gasteiger partial charge in [0.05, 0.1) is 11.1 Å². The molecule has 5 nitrogen and oxygen atoms in total. The summed E-state index contributed by atoms with van der Waals surface area (Å²) in [5.41, 5.74) is 1.30. The SMILES string of the molecule is O=C(Nc1nc(Cl)c(Cl)cc1F)N1C2CCC1c1ccnc(F)c1C2. The largest absolute Gasteiger partial charge is 0.323 e. The maximum absolute atomic E-state index is 14.0. The predicted octanol–water partition coefficient (Wildman–Crippen LogP) is 4.36. The molecule has 2 bridgehead atoms. The van der Waals surface area contributed by atoms with Gasteiger partial charge in [-0.25, -0.2) is 19.2 Å². The Morgan fingerprint density at radius 1 is 1.32 bits per heavy atom. The molecule has 25 heavy (non-hydrogen) atoms. The van der Waals surface area contributed by atoms with Gasteiger partial charge in [0.25, 0.3) is 0 Å². The monoisotopic (exact) mass is 384 g/mol. The number of halogens is 4. The fourth-order valence-electron chi connectivity index (χ4n) is 3.62. The number of carbonyl (C=O) groups excluding carboxylic acids is 1. The fraction of sp³-hybridized carbons (Fsp3) is 0.312. The molecule has 1 N–H and O–H groups in total. The molecule has 2 aromatic rings. The first-order valence-electron chi connectivity index (χ1n) is 7.70. The second kappa shape index (κ2) is 6.07. The van der Waals surface area contributed by atoms with Crippen LogP contribution in [0.1, 0.15) is 30.0 Å². The summed E-state index contributed by atoms with van der Waals surface area (Å²) >= 11 is 11.5. The van der Waals surface area contributed by atoms with Crippen LogP contribution in [0.4, 0.5) is 19.4 Å². The van der Waals surface area contributed by atoms with Crippen LogP contribution in [-0.2, 0) is 6.42 Å². The number of nitrogens with one attached hydrogen (secondary N) is 1. The molecule has 0 aliphatic carbocycles. The second-order valence-electron chi connectivity index (χ2n) is 6.05. The highest BCUT2D eigenvalue weighted by molar-refractivity contribution is 6.41. The number of carbonyl (C=O) groups is 1. The smallest absolute Gasteiger partial charge is 0.314 e. The molecule has 130 valence electrons. The van der Waals surface area contributed by atoms with Gasteiger partial charge in [0.2, 0.25) is 5.95 Å². The van der Waals surface area contributed by atoms with E-state index in [4.69, 9.17) is 23.2 Å². The molecule has 0 saturated carbocycles. The second-order valence-corrected chi connectivity index (χ2v) is 6.81. The van der Waals surface area contributed by atoms with Crippen molar-refractivity contribution in [3.05, 3.63) is 51.4 Å². The van der Waals surface area contributed by atoms with Crippen LogP contribution in [0.5, 0.6) is 0 Å². The van der Waals surface area contributed by atoms with E-state index in [0.29, 0.717) is 18.4 Å². The average Bonchev–Trinajstić information content (AvgIpc) is 2.89. The molecule has 2 amide bonds. The Kier molecular flexibility index (Phi) is 4.00. The summed E-state index contributed by atoms with van der Waals surface area (Å²) in [6.07, 6.45) is 3.23. The molecule has 1 saturated heterocycles. The van der Waals surface area contributed by atoms with Crippen LogP contribution in [0.15, 0.2) is 18.3 Å². The lowest BCUT2D eigenvalue weighted by molar-refractivity contribution is 0.178. The maximum Gasteiger partial charge on any atom is 0.323 e. The van der Waals surface area contributed by atoms with E-state index in [9.17, 15) is 13.6 Å². The highest BCUT2D eigenvalue weighted by Gasteiger charge is 2.43. The minimum absolute atomic E-state index is 0.0351. The predicted molar refractivity (Wildman–Crippen MR) is 88.7 cm³/mol. The Balaban J connectivity index is 1.63. The van der Waals surface area contributed by atoms with Crippen LogP contribution in [0, 0.1) is 11.8 Å². The lowest BCUT2D eigenvalue weighted by Gasteiger charge is -2.36. The Morgan fingerprint density at radius 3 is 2.92 bits per heavy atom. The zero-order valence-electron chi connectivity index (χ0n) is 12.8. The van der Waals surface area contributed by atoms with Crippen LogP contribution >= 0.6 is 23.2 Å². The van der Waals surface area contributed by atoms with Crippen molar-refractivity contribution in [1.82, 2.24) is 14.9 Å². The zero-order valence-corrected chi connectivity index (χ0v) is 14.3. The van der Waals surface area contributed by atoms with Crippen LogP contribution < -0.4 is 5.32 Å². The third-order valence-corrected chi connectivity index (χ3v) is 5.36. The molecule has 1 fully saturated rings. The Labute approximate surface area is 152 Å². The molecule has 2 aliphatic heterocycles. The quantitative estimate of drug-likeness (QED) is 0.743. The highest BCUT2D eigenvalue weighted by atomic mass is 35.5. The Morgan fingerprint density at radius 2 is 2.12 bits per heavy atom. The summed E-state index contributed by atoms with van der Waals surface area (Å²) in [5.74, 6) is -1.56. The van der Waals surface area contributed by atoms with Gasteiger partial charge in [-0.15, -0.1) is 0 Å². The summed E-state index contributed by atoms with van der Waals surface area (Å²) in [4.78, 5) is 21.8. The van der Waals surface area contributed by atoms with Crippen LogP contribution in [-0.4, -0.2) is 26.9 Å². The van der Waals surface area contributed by atoms with Crippen molar-refractivity contribution in [2.45, 2.75) is 31.3 Å². The molecule has 2 unspecified atom stereocenters. The van der Waals surface area contributed by atoms with Crippen molar-refractivity contribution in [3.63, 3.8) is 0 Å². The third-order valence-electron chi connectivity index (χ3n) is 4.69. The first-order valence-corrected chi connectivity index (χ1v) is 8.45. The molecule has 2 aromatic heterocycles. The van der Waals surface area contributed by atoms with E-state index in [-0.39, 0.29) is 28.1 Å². The molecule has 4 rings (SSSR count). The maximum atomic E-state index is 14.0. The number of fused-ring (bicyclic) bond motifs is 4. The normalized spacial score (nSPS) is 21.2. The number of anilines is 1. The molecular weight excluding hydrogens is 373 g/mol. The molecular formula is C16H12Cl2F2N4O. The van der Waals surface area contributed by atoms with Gasteiger partial charge < -0.3 is 4.90 Å². The molecule has 4 heterocycles. The number of amides is 2. The van der Waals surface area contributed by atoms with E-state index in [1.807, 2.05) is 0 Å². The lowest BCUT2D eigenvalue weighted by Crippen LogP contribution is -2.44. The molecule has 9 heteroatoms. The molecule has 2 aliphatic rings. The van der Waals surface area contributed by atoms with Crippen molar-refractivity contribution in [2.75, 3.05) is 5.32 Å². The van der Waals surface area contributed by atoms with Crippen LogP contribution in [0.25, 0.3) is 0 Å². The summed E-state index contributed by atoms with van der Waals surface area (Å²) < 4.78 is 27.9. The van der Waals surface area contributed by atoms with Gasteiger partial charge in [0.15, 0.2) is 11.6 Å². The number of rotatable bonds is 1. The number of aromatic nitrogens is 2. The fourth-order valence-corrected chi connectivity index (χ4v) is 3.90. The van der Waals surface area contributed by atoms with Gasteiger partial charge >= 0.3 is 6.03 Å². The average molecular weight is 385 g/mol. The van der Waals surface area contributed by atoms with Crippen molar-refractivity contribution in [3.8, 4) is 0 Å². The molecule has 2 atom stereocenters. The van der Waals surface area contributed by atoms with Gasteiger partial charge in [-0.3, -0.25) is 5.32 Å². The summed E-state index contributed by atoms with van der Waals surface area (Å²) in [6, 6.07) is 1.79. The van der Waals surface area contributed by atoms with Crippen molar-refractivity contribution >= 4 is 35.1 Å². The van der Waals surface area contributed by atoms with E-state index < -0.39 is 17.8 Å². The molecule has 0 radical (unpaired) electrons. The van der Waals surface area contributed by atoms with Crippen molar-refractivity contribution in [1.29, 1.82) is 0 Å². The van der Waals surface area contributed by atoms with E-state index in [1.54, 1.807) is 11.0 Å². The summed E-state index contributed by atoms with van der Waals surface area (Å²) in [6.45, 7) is 0. The number of pyridine rings is 2. The minimum atomic E-state index is -0.775. The van der Waals surface area contributed by atoms with E-state index in [0.717, 1.165) is 18.1 Å². The zero-order chi connectivity index (χ0) is 17.7. The van der Waals surface area contributed by atoms with Gasteiger partial charge in [-0.1, -0.05) is 23.2 Å². The standard InChI is InChI=1S/C16H12Cl2F2N4O/c17-10-6-11(19)15(22-13(10)18)23-16(25)24-7-1-2-12(24)8-3-4-21-14(20)9(8)5-7/h3-4,6-7,12H,1-2,5H2,(H,22,23,25). The van der Waals surface area contributed by atoms with Crippen molar-refractivity contribution < 1.29 is 13.6 Å². The minimum Gasteiger partial charge on any atom is -0.314 e. The number of hydrogen-bond acceptors (Lipinski definition) is 3.